The second-order valence-electron chi connectivity index (χ2n) is 8.52. The van der Waals surface area contributed by atoms with Crippen LogP contribution in [0.3, 0.4) is 0 Å². The molecule has 1 aromatic carbocycles. The zero-order chi connectivity index (χ0) is 21.2. The van der Waals surface area contributed by atoms with E-state index in [0.29, 0.717) is 18.3 Å². The van der Waals surface area contributed by atoms with Gasteiger partial charge in [-0.25, -0.2) is 0 Å². The molecule has 2 fully saturated rings. The average molecular weight is 440 g/mol. The summed E-state index contributed by atoms with van der Waals surface area (Å²) in [7, 11) is 0. The summed E-state index contributed by atoms with van der Waals surface area (Å²) < 4.78 is 8.05. The van der Waals surface area contributed by atoms with Crippen molar-refractivity contribution in [3.63, 3.8) is 0 Å². The molecule has 7 nitrogen and oxygen atoms in total. The van der Waals surface area contributed by atoms with E-state index in [2.05, 4.69) is 38.8 Å². The third-order valence-electron chi connectivity index (χ3n) is 6.41. The summed E-state index contributed by atoms with van der Waals surface area (Å²) in [5.74, 6) is 1.41. The number of aromatic nitrogens is 4. The van der Waals surface area contributed by atoms with Gasteiger partial charge in [0.05, 0.1) is 18.4 Å². The number of nitrogens with zero attached hydrogens (tertiary/aromatic N) is 4. The summed E-state index contributed by atoms with van der Waals surface area (Å²) in [6.07, 6.45) is 7.69. The van der Waals surface area contributed by atoms with Crippen LogP contribution in [0.25, 0.3) is 22.3 Å². The zero-order valence-electron chi connectivity index (χ0n) is 17.9. The highest BCUT2D eigenvalue weighted by molar-refractivity contribution is 7.99. The van der Waals surface area contributed by atoms with Gasteiger partial charge in [-0.1, -0.05) is 30.0 Å². The molecule has 2 aliphatic heterocycles. The summed E-state index contributed by atoms with van der Waals surface area (Å²) in [5, 5.41) is 11.0. The van der Waals surface area contributed by atoms with Gasteiger partial charge in [0.15, 0.2) is 11.0 Å². The number of rotatable bonds is 6. The standard InChI is InChI=1S/C23H29N5O2S/c1-16-7-4-5-11-27(16)21(29)15-31-23-26-25-22(28(23)14-17-8-6-12-30-17)19-13-24-20-10-3-2-9-18(19)20/h2-3,9-10,13,16-17,24H,4-8,11-12,14-15H2,1H3/t16-,17+/m0/s1. The van der Waals surface area contributed by atoms with Crippen molar-refractivity contribution in [3.8, 4) is 11.4 Å². The number of ether oxygens (including phenoxy) is 1. The Bertz CT molecular complexity index is 1060. The van der Waals surface area contributed by atoms with Crippen LogP contribution in [0.5, 0.6) is 0 Å². The molecule has 0 saturated carbocycles. The lowest BCUT2D eigenvalue weighted by atomic mass is 10.0. The summed E-state index contributed by atoms with van der Waals surface area (Å²) in [6.45, 7) is 4.53. The molecule has 0 unspecified atom stereocenters. The number of hydrogen-bond acceptors (Lipinski definition) is 5. The molecule has 1 N–H and O–H groups in total. The molecule has 3 aromatic rings. The van der Waals surface area contributed by atoms with Crippen LogP contribution in [0.4, 0.5) is 0 Å². The van der Waals surface area contributed by atoms with Gasteiger partial charge in [-0.2, -0.15) is 0 Å². The number of carbonyl (C=O) groups excluding carboxylic acids is 1. The van der Waals surface area contributed by atoms with Crippen LogP contribution >= 0.6 is 11.8 Å². The van der Waals surface area contributed by atoms with E-state index in [1.807, 2.05) is 23.2 Å². The van der Waals surface area contributed by atoms with E-state index in [0.717, 1.165) is 66.3 Å². The Balaban J connectivity index is 1.41. The Labute approximate surface area is 186 Å². The van der Waals surface area contributed by atoms with Crippen LogP contribution in [0, 0.1) is 0 Å². The molecule has 2 saturated heterocycles. The second kappa shape index (κ2) is 9.04. The number of piperidine rings is 1. The first-order valence-corrected chi connectivity index (χ1v) is 12.2. The Hall–Kier alpha value is -2.32. The molecular weight excluding hydrogens is 410 g/mol. The fourth-order valence-corrected chi connectivity index (χ4v) is 5.52. The number of benzene rings is 1. The first-order chi connectivity index (χ1) is 15.2. The molecule has 164 valence electrons. The minimum absolute atomic E-state index is 0.164. The van der Waals surface area contributed by atoms with Gasteiger partial charge >= 0.3 is 0 Å². The molecule has 0 aliphatic carbocycles. The first kappa shape index (κ1) is 20.6. The summed E-state index contributed by atoms with van der Waals surface area (Å²) in [4.78, 5) is 18.2. The smallest absolute Gasteiger partial charge is 0.233 e. The van der Waals surface area contributed by atoms with E-state index in [1.165, 1.54) is 18.2 Å². The van der Waals surface area contributed by atoms with Crippen LogP contribution in [-0.2, 0) is 16.1 Å². The maximum Gasteiger partial charge on any atom is 0.233 e. The van der Waals surface area contributed by atoms with Gasteiger partial charge in [-0.15, -0.1) is 10.2 Å². The molecular formula is C23H29N5O2S. The molecule has 31 heavy (non-hydrogen) atoms. The third kappa shape index (κ3) is 4.23. The Morgan fingerprint density at radius 1 is 1.23 bits per heavy atom. The summed E-state index contributed by atoms with van der Waals surface area (Å²) >= 11 is 1.49. The number of aromatic amines is 1. The van der Waals surface area contributed by atoms with Crippen LogP contribution in [0.1, 0.15) is 39.0 Å². The van der Waals surface area contributed by atoms with Crippen LogP contribution in [0.2, 0.25) is 0 Å². The van der Waals surface area contributed by atoms with Gasteiger partial charge in [-0.05, 0) is 45.1 Å². The number of fused-ring (bicyclic) bond motifs is 1. The molecule has 5 rings (SSSR count). The minimum atomic E-state index is 0.164. The minimum Gasteiger partial charge on any atom is -0.376 e. The van der Waals surface area contributed by atoms with E-state index in [1.54, 1.807) is 0 Å². The van der Waals surface area contributed by atoms with Gasteiger partial charge in [0, 0.05) is 41.9 Å². The van der Waals surface area contributed by atoms with E-state index < -0.39 is 0 Å². The Morgan fingerprint density at radius 2 is 2.13 bits per heavy atom. The summed E-state index contributed by atoms with van der Waals surface area (Å²) in [6, 6.07) is 8.55. The predicted molar refractivity (Wildman–Crippen MR) is 122 cm³/mol. The number of H-pyrrole nitrogens is 1. The highest BCUT2D eigenvalue weighted by Crippen LogP contribution is 2.31. The van der Waals surface area contributed by atoms with Gasteiger partial charge in [0.25, 0.3) is 0 Å². The molecule has 0 radical (unpaired) electrons. The number of nitrogens with one attached hydrogen (secondary N) is 1. The fraction of sp³-hybridized carbons (Fsp3) is 0.522. The molecule has 8 heteroatoms. The SMILES string of the molecule is C[C@H]1CCCCN1C(=O)CSc1nnc(-c2c[nH]c3ccccc23)n1C[C@H]1CCCO1. The predicted octanol–water partition coefficient (Wildman–Crippen LogP) is 4.10. The molecule has 4 heterocycles. The average Bonchev–Trinajstić information content (AvgIpc) is 3.53. The first-order valence-electron chi connectivity index (χ1n) is 11.2. The second-order valence-corrected chi connectivity index (χ2v) is 9.46. The third-order valence-corrected chi connectivity index (χ3v) is 7.36. The zero-order valence-corrected chi connectivity index (χ0v) is 18.7. The Morgan fingerprint density at radius 3 is 2.97 bits per heavy atom. The van der Waals surface area contributed by atoms with Gasteiger partial charge < -0.3 is 14.6 Å². The van der Waals surface area contributed by atoms with Crippen LogP contribution in [0.15, 0.2) is 35.6 Å². The largest absolute Gasteiger partial charge is 0.376 e. The molecule has 2 aliphatic rings. The molecule has 0 spiro atoms. The van der Waals surface area contributed by atoms with Crippen molar-refractivity contribution >= 4 is 28.6 Å². The molecule has 2 atom stereocenters. The summed E-state index contributed by atoms with van der Waals surface area (Å²) in [5.41, 5.74) is 2.11. The van der Waals surface area contributed by atoms with Crippen LogP contribution in [-0.4, -0.2) is 61.6 Å². The van der Waals surface area contributed by atoms with E-state index in [-0.39, 0.29) is 12.0 Å². The lowest BCUT2D eigenvalue weighted by molar-refractivity contribution is -0.131. The lowest BCUT2D eigenvalue weighted by Crippen LogP contribution is -2.43. The maximum absolute atomic E-state index is 12.9. The van der Waals surface area contributed by atoms with Crippen molar-refractivity contribution in [2.45, 2.75) is 62.9 Å². The number of amides is 1. The van der Waals surface area contributed by atoms with Gasteiger partial charge in [0.2, 0.25) is 5.91 Å². The lowest BCUT2D eigenvalue weighted by Gasteiger charge is -2.33. The maximum atomic E-state index is 12.9. The number of para-hydroxylation sites is 1. The highest BCUT2D eigenvalue weighted by Gasteiger charge is 2.26. The van der Waals surface area contributed by atoms with Crippen molar-refractivity contribution < 1.29 is 9.53 Å². The number of hydrogen-bond donors (Lipinski definition) is 1. The van der Waals surface area contributed by atoms with E-state index in [9.17, 15) is 4.79 Å². The topological polar surface area (TPSA) is 76.0 Å². The van der Waals surface area contributed by atoms with E-state index >= 15 is 0 Å². The molecule has 0 bridgehead atoms. The molecule has 1 amide bonds. The number of thioether (sulfide) groups is 1. The van der Waals surface area contributed by atoms with Gasteiger partial charge in [-0.3, -0.25) is 9.36 Å². The number of likely N-dealkylation sites (tertiary alicyclic amines) is 1. The quantitative estimate of drug-likeness (QED) is 0.585. The monoisotopic (exact) mass is 439 g/mol. The van der Waals surface area contributed by atoms with Crippen molar-refractivity contribution in [2.75, 3.05) is 18.9 Å². The highest BCUT2D eigenvalue weighted by atomic mass is 32.2. The Kier molecular flexibility index (Phi) is 6.00. The van der Waals surface area contributed by atoms with Crippen molar-refractivity contribution in [3.05, 3.63) is 30.5 Å². The van der Waals surface area contributed by atoms with Crippen molar-refractivity contribution in [1.82, 2.24) is 24.6 Å². The van der Waals surface area contributed by atoms with Crippen molar-refractivity contribution in [2.24, 2.45) is 0 Å². The normalized spacial score (nSPS) is 21.8. The van der Waals surface area contributed by atoms with E-state index in [4.69, 9.17) is 4.74 Å². The number of carbonyl (C=O) groups is 1. The molecule has 2 aromatic heterocycles. The van der Waals surface area contributed by atoms with Crippen molar-refractivity contribution in [1.29, 1.82) is 0 Å². The van der Waals surface area contributed by atoms with Gasteiger partial charge in [0.1, 0.15) is 0 Å². The van der Waals surface area contributed by atoms with Crippen LogP contribution < -0.4 is 0 Å². The fourth-order valence-electron chi connectivity index (χ4n) is 4.69.